The van der Waals surface area contributed by atoms with Gasteiger partial charge in [-0.05, 0) is 24.1 Å². The molecule has 18 heavy (non-hydrogen) atoms. The molecule has 1 aromatic carbocycles. The fourth-order valence-electron chi connectivity index (χ4n) is 1.65. The summed E-state index contributed by atoms with van der Waals surface area (Å²) in [5, 5.41) is 2.96. The molecule has 1 amide bonds. The highest BCUT2D eigenvalue weighted by Gasteiger charge is 2.11. The molecule has 0 bridgehead atoms. The molecule has 3 N–H and O–H groups in total. The number of rotatable bonds is 6. The molecule has 4 nitrogen and oxygen atoms in total. The van der Waals surface area contributed by atoms with Crippen molar-refractivity contribution >= 4 is 18.3 Å². The molecule has 0 spiro atoms. The van der Waals surface area contributed by atoms with Crippen LogP contribution in [0.4, 0.5) is 0 Å². The molecule has 0 aliphatic carbocycles. The number of benzene rings is 1. The van der Waals surface area contributed by atoms with E-state index < -0.39 is 0 Å². The second kappa shape index (κ2) is 8.78. The van der Waals surface area contributed by atoms with Gasteiger partial charge in [-0.2, -0.15) is 0 Å². The largest absolute Gasteiger partial charge is 0.497 e. The second-order valence-electron chi connectivity index (χ2n) is 3.84. The highest BCUT2D eigenvalue weighted by molar-refractivity contribution is 5.85. The van der Waals surface area contributed by atoms with Gasteiger partial charge in [-0.25, -0.2) is 0 Å². The molecule has 1 rings (SSSR count). The van der Waals surface area contributed by atoms with E-state index in [2.05, 4.69) is 5.32 Å². The van der Waals surface area contributed by atoms with Crippen LogP contribution in [-0.4, -0.2) is 19.6 Å². The molecule has 0 fully saturated rings. The van der Waals surface area contributed by atoms with E-state index in [-0.39, 0.29) is 24.4 Å². The number of halogens is 1. The maximum atomic E-state index is 11.5. The summed E-state index contributed by atoms with van der Waals surface area (Å²) in [5.74, 6) is 0.812. The smallest absolute Gasteiger partial charge is 0.221 e. The Hall–Kier alpha value is -1.26. The molecule has 0 aliphatic rings. The SMILES string of the molecule is CCC(NC(=O)CCN)c1ccc(OC)cc1.Cl. The first kappa shape index (κ1) is 16.7. The van der Waals surface area contributed by atoms with Crippen molar-refractivity contribution < 1.29 is 9.53 Å². The Labute approximate surface area is 114 Å². The van der Waals surface area contributed by atoms with E-state index >= 15 is 0 Å². The fraction of sp³-hybridized carbons (Fsp3) is 0.462. The zero-order chi connectivity index (χ0) is 12.7. The van der Waals surface area contributed by atoms with Gasteiger partial charge in [0.25, 0.3) is 0 Å². The van der Waals surface area contributed by atoms with Gasteiger partial charge in [0.1, 0.15) is 5.75 Å². The van der Waals surface area contributed by atoms with Gasteiger partial charge < -0.3 is 15.8 Å². The van der Waals surface area contributed by atoms with Gasteiger partial charge in [0.05, 0.1) is 13.2 Å². The molecule has 1 aromatic rings. The molecule has 0 aliphatic heterocycles. The van der Waals surface area contributed by atoms with Crippen LogP contribution in [0.5, 0.6) is 5.75 Å². The molecule has 0 aromatic heterocycles. The highest BCUT2D eigenvalue weighted by atomic mass is 35.5. The Morgan fingerprint density at radius 2 is 2.00 bits per heavy atom. The fourth-order valence-corrected chi connectivity index (χ4v) is 1.65. The highest BCUT2D eigenvalue weighted by Crippen LogP contribution is 2.20. The summed E-state index contributed by atoms with van der Waals surface area (Å²) in [6, 6.07) is 7.77. The van der Waals surface area contributed by atoms with Gasteiger partial charge in [0.2, 0.25) is 5.91 Å². The minimum absolute atomic E-state index is 0. The molecule has 0 heterocycles. The van der Waals surface area contributed by atoms with Crippen molar-refractivity contribution in [3.05, 3.63) is 29.8 Å². The van der Waals surface area contributed by atoms with Crippen LogP contribution >= 0.6 is 12.4 Å². The Bertz CT molecular complexity index is 355. The lowest BCUT2D eigenvalue weighted by Gasteiger charge is -2.17. The third-order valence-electron chi connectivity index (χ3n) is 2.63. The van der Waals surface area contributed by atoms with Gasteiger partial charge in [-0.3, -0.25) is 4.79 Å². The number of carbonyl (C=O) groups is 1. The zero-order valence-corrected chi connectivity index (χ0v) is 11.6. The molecule has 0 saturated heterocycles. The summed E-state index contributed by atoms with van der Waals surface area (Å²) in [6.07, 6.45) is 1.22. The molecule has 102 valence electrons. The Morgan fingerprint density at radius 3 is 2.44 bits per heavy atom. The molecule has 0 saturated carbocycles. The van der Waals surface area contributed by atoms with Crippen LogP contribution in [0.3, 0.4) is 0 Å². The van der Waals surface area contributed by atoms with Crippen LogP contribution < -0.4 is 15.8 Å². The Balaban J connectivity index is 0.00000289. The first-order valence-electron chi connectivity index (χ1n) is 5.84. The first-order valence-corrected chi connectivity index (χ1v) is 5.84. The van der Waals surface area contributed by atoms with Crippen molar-refractivity contribution in [1.82, 2.24) is 5.32 Å². The van der Waals surface area contributed by atoms with E-state index in [1.54, 1.807) is 7.11 Å². The van der Waals surface area contributed by atoms with E-state index in [1.807, 2.05) is 31.2 Å². The maximum Gasteiger partial charge on any atom is 0.221 e. The number of ether oxygens (including phenoxy) is 1. The first-order chi connectivity index (χ1) is 8.21. The predicted molar refractivity (Wildman–Crippen MR) is 75.1 cm³/mol. The summed E-state index contributed by atoms with van der Waals surface area (Å²) in [7, 11) is 1.63. The number of hydrogen-bond donors (Lipinski definition) is 2. The predicted octanol–water partition coefficient (Wildman–Crippen LogP) is 2.03. The molecular weight excluding hydrogens is 252 g/mol. The molecule has 1 atom stereocenters. The maximum absolute atomic E-state index is 11.5. The van der Waals surface area contributed by atoms with E-state index in [9.17, 15) is 4.79 Å². The van der Waals surface area contributed by atoms with Crippen LogP contribution in [0, 0.1) is 0 Å². The summed E-state index contributed by atoms with van der Waals surface area (Å²) < 4.78 is 5.10. The van der Waals surface area contributed by atoms with E-state index in [4.69, 9.17) is 10.5 Å². The topological polar surface area (TPSA) is 64.4 Å². The quantitative estimate of drug-likeness (QED) is 0.833. The third-order valence-corrected chi connectivity index (χ3v) is 2.63. The van der Waals surface area contributed by atoms with Crippen LogP contribution in [0.15, 0.2) is 24.3 Å². The Morgan fingerprint density at radius 1 is 1.39 bits per heavy atom. The number of carbonyl (C=O) groups excluding carboxylic acids is 1. The van der Waals surface area contributed by atoms with Crippen molar-refractivity contribution in [1.29, 1.82) is 0 Å². The average Bonchev–Trinajstić information content (AvgIpc) is 2.36. The van der Waals surface area contributed by atoms with Crippen molar-refractivity contribution in [2.75, 3.05) is 13.7 Å². The number of methoxy groups -OCH3 is 1. The zero-order valence-electron chi connectivity index (χ0n) is 10.8. The molecule has 5 heteroatoms. The monoisotopic (exact) mass is 272 g/mol. The molecular formula is C13H21ClN2O2. The van der Waals surface area contributed by atoms with Crippen LogP contribution in [0.25, 0.3) is 0 Å². The number of nitrogens with one attached hydrogen (secondary N) is 1. The number of nitrogens with two attached hydrogens (primary N) is 1. The van der Waals surface area contributed by atoms with Gasteiger partial charge >= 0.3 is 0 Å². The molecule has 1 unspecified atom stereocenters. The minimum atomic E-state index is -0.00447. The van der Waals surface area contributed by atoms with E-state index in [0.29, 0.717) is 13.0 Å². The number of hydrogen-bond acceptors (Lipinski definition) is 3. The lowest BCUT2D eigenvalue weighted by molar-refractivity contribution is -0.121. The lowest BCUT2D eigenvalue weighted by atomic mass is 10.0. The minimum Gasteiger partial charge on any atom is -0.497 e. The van der Waals surface area contributed by atoms with E-state index in [0.717, 1.165) is 17.7 Å². The molecule has 0 radical (unpaired) electrons. The summed E-state index contributed by atoms with van der Waals surface area (Å²) in [4.78, 5) is 11.5. The van der Waals surface area contributed by atoms with Gasteiger partial charge in [0, 0.05) is 13.0 Å². The van der Waals surface area contributed by atoms with Gasteiger partial charge in [0.15, 0.2) is 0 Å². The average molecular weight is 273 g/mol. The summed E-state index contributed by atoms with van der Waals surface area (Å²) >= 11 is 0. The van der Waals surface area contributed by atoms with Crippen LogP contribution in [0.2, 0.25) is 0 Å². The third kappa shape index (κ3) is 4.94. The lowest BCUT2D eigenvalue weighted by Crippen LogP contribution is -2.29. The number of amides is 1. The van der Waals surface area contributed by atoms with Crippen molar-refractivity contribution in [2.45, 2.75) is 25.8 Å². The van der Waals surface area contributed by atoms with Gasteiger partial charge in [-0.15, -0.1) is 12.4 Å². The van der Waals surface area contributed by atoms with Crippen molar-refractivity contribution in [3.63, 3.8) is 0 Å². The normalized spacial score (nSPS) is 11.3. The van der Waals surface area contributed by atoms with Crippen LogP contribution in [-0.2, 0) is 4.79 Å². The summed E-state index contributed by atoms with van der Waals surface area (Å²) in [5.41, 5.74) is 6.43. The standard InChI is InChI=1S/C13H20N2O2.ClH/c1-3-12(15-13(16)8-9-14)10-4-6-11(17-2)7-5-10;/h4-7,12H,3,8-9,14H2,1-2H3,(H,15,16);1H. The van der Waals surface area contributed by atoms with Crippen molar-refractivity contribution in [2.24, 2.45) is 5.73 Å². The second-order valence-corrected chi connectivity index (χ2v) is 3.84. The summed E-state index contributed by atoms with van der Waals surface area (Å²) in [6.45, 7) is 2.42. The van der Waals surface area contributed by atoms with Crippen molar-refractivity contribution in [3.8, 4) is 5.75 Å². The van der Waals surface area contributed by atoms with E-state index in [1.165, 1.54) is 0 Å². The van der Waals surface area contributed by atoms with Crippen LogP contribution in [0.1, 0.15) is 31.4 Å². The Kier molecular flexibility index (Phi) is 8.16. The van der Waals surface area contributed by atoms with Gasteiger partial charge in [-0.1, -0.05) is 19.1 Å².